The molecule has 1 saturated carbocycles. The second-order valence-corrected chi connectivity index (χ2v) is 9.98. The molecule has 2 aromatic carbocycles. The van der Waals surface area contributed by atoms with E-state index in [4.69, 9.17) is 20.1 Å². The quantitative estimate of drug-likeness (QED) is 0.274. The molecule has 0 radical (unpaired) electrons. The third-order valence-electron chi connectivity index (χ3n) is 6.17. The normalized spacial score (nSPS) is 16.8. The Morgan fingerprint density at radius 1 is 1.00 bits per heavy atom. The van der Waals surface area contributed by atoms with Gasteiger partial charge in [-0.25, -0.2) is 9.97 Å². The fourth-order valence-corrected chi connectivity index (χ4v) is 5.59. The average molecular weight is 492 g/mol. The lowest BCUT2D eigenvalue weighted by Gasteiger charge is -2.18. The summed E-state index contributed by atoms with van der Waals surface area (Å²) in [6.07, 6.45) is 3.61. The molecule has 4 aromatic rings. The molecule has 0 amide bonds. The van der Waals surface area contributed by atoms with Gasteiger partial charge in [-0.3, -0.25) is 0 Å². The number of hydrogen-bond donors (Lipinski definition) is 3. The summed E-state index contributed by atoms with van der Waals surface area (Å²) in [5, 5.41) is 15.2. The molecule has 6 nitrogen and oxygen atoms in total. The van der Waals surface area contributed by atoms with E-state index < -0.39 is 0 Å². The summed E-state index contributed by atoms with van der Waals surface area (Å²) >= 11 is 1.70. The lowest BCUT2D eigenvalue weighted by molar-refractivity contribution is 0.399. The van der Waals surface area contributed by atoms with E-state index in [1.54, 1.807) is 11.3 Å². The number of rotatable bonds is 6. The van der Waals surface area contributed by atoms with E-state index in [9.17, 15) is 0 Å². The number of aryl methyl sites for hydroxylation is 2. The molecule has 2 heterocycles. The van der Waals surface area contributed by atoms with Gasteiger partial charge in [-0.15, -0.1) is 11.3 Å². The second-order valence-electron chi connectivity index (χ2n) is 8.95. The van der Waals surface area contributed by atoms with Crippen LogP contribution in [0.5, 0.6) is 0 Å². The number of benzene rings is 2. The Balaban J connectivity index is 0.00000111. The van der Waals surface area contributed by atoms with Gasteiger partial charge in [0, 0.05) is 19.7 Å². The summed E-state index contributed by atoms with van der Waals surface area (Å²) in [4.78, 5) is 14.7. The maximum Gasteiger partial charge on any atom is 0.225 e. The third-order valence-corrected chi connectivity index (χ3v) is 7.22. The van der Waals surface area contributed by atoms with E-state index in [0.29, 0.717) is 18.5 Å². The molecule has 0 saturated heterocycles. The number of nitrogens with zero attached hydrogens (tertiary/aromatic N) is 3. The molecular weight excluding hydrogens is 454 g/mol. The maximum atomic E-state index is 7.00. The molecule has 35 heavy (non-hydrogen) atoms. The minimum atomic E-state index is 0. The van der Waals surface area contributed by atoms with Gasteiger partial charge < -0.3 is 15.7 Å². The van der Waals surface area contributed by atoms with Gasteiger partial charge in [-0.2, -0.15) is 4.98 Å². The van der Waals surface area contributed by atoms with E-state index in [-0.39, 0.29) is 7.43 Å². The minimum Gasteiger partial charge on any atom is -0.400 e. The maximum absolute atomic E-state index is 7.00. The predicted molar refractivity (Wildman–Crippen MR) is 149 cm³/mol. The lowest BCUT2D eigenvalue weighted by atomic mass is 10.1. The zero-order valence-electron chi connectivity index (χ0n) is 20.3. The molecule has 2 atom stereocenters. The van der Waals surface area contributed by atoms with Gasteiger partial charge in [0.1, 0.15) is 10.8 Å². The van der Waals surface area contributed by atoms with Crippen molar-refractivity contribution < 1.29 is 5.11 Å². The van der Waals surface area contributed by atoms with Crippen LogP contribution in [0.15, 0.2) is 48.5 Å². The highest BCUT2D eigenvalue weighted by molar-refractivity contribution is 7.21. The monoisotopic (exact) mass is 491 g/mol. The smallest absolute Gasteiger partial charge is 0.225 e. The van der Waals surface area contributed by atoms with Gasteiger partial charge in [0.2, 0.25) is 5.95 Å². The molecule has 2 aromatic heterocycles. The van der Waals surface area contributed by atoms with Gasteiger partial charge >= 0.3 is 0 Å². The highest BCUT2D eigenvalue weighted by Crippen LogP contribution is 2.37. The van der Waals surface area contributed by atoms with Crippen molar-refractivity contribution in [2.45, 2.75) is 60.0 Å². The SMILES string of the molecule is C.CO.Cc1cccc(CNc2nc(C)c(-c3nc4ccccc4s3)c(NC3CCC(C)C3)n2)c1. The average Bonchev–Trinajstić information content (AvgIpc) is 3.44. The van der Waals surface area contributed by atoms with Crippen molar-refractivity contribution in [3.05, 3.63) is 65.4 Å². The first-order valence-electron chi connectivity index (χ1n) is 11.8. The number of anilines is 2. The van der Waals surface area contributed by atoms with Crippen LogP contribution in [0.3, 0.4) is 0 Å². The molecule has 186 valence electrons. The third kappa shape index (κ3) is 6.35. The topological polar surface area (TPSA) is 83.0 Å². The number of nitrogens with one attached hydrogen (secondary N) is 2. The molecule has 0 bridgehead atoms. The zero-order chi connectivity index (χ0) is 24.1. The van der Waals surface area contributed by atoms with Crippen molar-refractivity contribution in [2.24, 2.45) is 5.92 Å². The molecule has 1 fully saturated rings. The van der Waals surface area contributed by atoms with Crippen LogP contribution in [0.4, 0.5) is 11.8 Å². The van der Waals surface area contributed by atoms with Gasteiger partial charge in [0.25, 0.3) is 0 Å². The number of aliphatic hydroxyl groups is 1. The molecule has 0 aliphatic heterocycles. The molecule has 3 N–H and O–H groups in total. The van der Waals surface area contributed by atoms with E-state index >= 15 is 0 Å². The summed E-state index contributed by atoms with van der Waals surface area (Å²) in [5.41, 5.74) is 5.46. The lowest BCUT2D eigenvalue weighted by Crippen LogP contribution is -2.18. The van der Waals surface area contributed by atoms with E-state index in [1.165, 1.54) is 35.1 Å². The molecule has 1 aliphatic carbocycles. The fourth-order valence-electron chi connectivity index (χ4n) is 4.53. The Morgan fingerprint density at radius 3 is 2.51 bits per heavy atom. The first-order valence-corrected chi connectivity index (χ1v) is 12.6. The molecular formula is C28H37N5OS. The minimum absolute atomic E-state index is 0. The molecule has 1 aliphatic rings. The van der Waals surface area contributed by atoms with Crippen LogP contribution in [0.25, 0.3) is 20.8 Å². The molecule has 7 heteroatoms. The van der Waals surface area contributed by atoms with Crippen LogP contribution in [0, 0.1) is 19.8 Å². The van der Waals surface area contributed by atoms with Gasteiger partial charge in [0.15, 0.2) is 0 Å². The summed E-state index contributed by atoms with van der Waals surface area (Å²) < 4.78 is 1.18. The standard InChI is InChI=1S/C26H29N5S.CH4O.CH4/c1-16-7-6-8-19(13-16)15-27-26-28-18(3)23(24(31-26)29-20-12-11-17(2)14-20)25-30-21-9-4-5-10-22(21)32-25;1-2;/h4-10,13,17,20H,11-12,14-15H2,1-3H3,(H2,27,28,29,31);2H,1H3;1H4. The van der Waals surface area contributed by atoms with E-state index in [0.717, 1.165) is 40.6 Å². The van der Waals surface area contributed by atoms with Crippen LogP contribution in [-0.2, 0) is 6.54 Å². The van der Waals surface area contributed by atoms with Crippen LogP contribution in [-0.4, -0.2) is 33.2 Å². The summed E-state index contributed by atoms with van der Waals surface area (Å²) in [5.74, 6) is 2.30. The van der Waals surface area contributed by atoms with Gasteiger partial charge in [-0.05, 0) is 56.7 Å². The van der Waals surface area contributed by atoms with Crippen molar-refractivity contribution >= 4 is 33.3 Å². The summed E-state index contributed by atoms with van der Waals surface area (Å²) in [6.45, 7) is 7.20. The number of aliphatic hydroxyl groups excluding tert-OH is 1. The van der Waals surface area contributed by atoms with Crippen LogP contribution in [0.2, 0.25) is 0 Å². The van der Waals surface area contributed by atoms with Crippen LogP contribution >= 0.6 is 11.3 Å². The number of thiazole rings is 1. The Bertz CT molecular complexity index is 1220. The van der Waals surface area contributed by atoms with Crippen LogP contribution < -0.4 is 10.6 Å². The van der Waals surface area contributed by atoms with Crippen molar-refractivity contribution in [1.29, 1.82) is 0 Å². The summed E-state index contributed by atoms with van der Waals surface area (Å²) in [6, 6.07) is 17.2. The van der Waals surface area contributed by atoms with Crippen molar-refractivity contribution in [3.63, 3.8) is 0 Å². The predicted octanol–water partition coefficient (Wildman–Crippen LogP) is 6.83. The first kappa shape index (κ1) is 26.6. The van der Waals surface area contributed by atoms with Crippen molar-refractivity contribution in [1.82, 2.24) is 15.0 Å². The molecule has 0 spiro atoms. The number of para-hydroxylation sites is 1. The number of hydrogen-bond acceptors (Lipinski definition) is 7. The van der Waals surface area contributed by atoms with Gasteiger partial charge in [-0.1, -0.05) is 56.3 Å². The second kappa shape index (κ2) is 12.1. The van der Waals surface area contributed by atoms with E-state index in [2.05, 4.69) is 73.9 Å². The highest BCUT2D eigenvalue weighted by Gasteiger charge is 2.25. The van der Waals surface area contributed by atoms with Crippen molar-refractivity contribution in [3.8, 4) is 10.6 Å². The Morgan fingerprint density at radius 2 is 1.80 bits per heavy atom. The Hall–Kier alpha value is -3.03. The highest BCUT2D eigenvalue weighted by atomic mass is 32.1. The van der Waals surface area contributed by atoms with Gasteiger partial charge in [0.05, 0.1) is 21.5 Å². The fraction of sp³-hybridized carbons (Fsp3) is 0.393. The first-order chi connectivity index (χ1) is 16.5. The molecule has 2 unspecified atom stereocenters. The Kier molecular flexibility index (Phi) is 9.18. The van der Waals surface area contributed by atoms with Crippen LogP contribution in [0.1, 0.15) is 50.4 Å². The largest absolute Gasteiger partial charge is 0.400 e. The Labute approximate surface area is 212 Å². The number of aromatic nitrogens is 3. The van der Waals surface area contributed by atoms with Crippen molar-refractivity contribution in [2.75, 3.05) is 17.7 Å². The molecule has 5 rings (SSSR count). The summed E-state index contributed by atoms with van der Waals surface area (Å²) in [7, 11) is 1.00. The zero-order valence-corrected chi connectivity index (χ0v) is 21.1. The number of fused-ring (bicyclic) bond motifs is 1. The van der Waals surface area contributed by atoms with E-state index in [1.807, 2.05) is 6.07 Å².